The minimum atomic E-state index is -1.02. The maximum Gasteiger partial charge on any atom is 0.247 e. The number of hydrogen-bond acceptors (Lipinski definition) is 4. The molecule has 1 aromatic carbocycles. The molecule has 0 radical (unpaired) electrons. The fourth-order valence-corrected chi connectivity index (χ4v) is 3.48. The summed E-state index contributed by atoms with van der Waals surface area (Å²) in [5.74, 6) is -0.0523. The third-order valence-corrected chi connectivity index (χ3v) is 5.00. The zero-order valence-electron chi connectivity index (χ0n) is 13.0. The van der Waals surface area contributed by atoms with E-state index in [1.807, 2.05) is 52.7 Å². The molecule has 2 aromatic rings. The van der Waals surface area contributed by atoms with Crippen molar-refractivity contribution < 1.29 is 9.53 Å². The van der Waals surface area contributed by atoms with E-state index < -0.39 is 5.54 Å². The van der Waals surface area contributed by atoms with Gasteiger partial charge in [-0.05, 0) is 23.9 Å². The van der Waals surface area contributed by atoms with Crippen LogP contribution in [0, 0.1) is 0 Å². The number of ether oxygens (including phenoxy) is 1. The predicted octanol–water partition coefficient (Wildman–Crippen LogP) is 2.94. The Morgan fingerprint density at radius 3 is 2.70 bits per heavy atom. The molecular weight excluding hydrogens is 332 g/mol. The summed E-state index contributed by atoms with van der Waals surface area (Å²) in [5.41, 5.74) is 6.16. The van der Waals surface area contributed by atoms with Gasteiger partial charge in [0.2, 0.25) is 5.91 Å². The number of nitrogens with zero attached hydrogens (tertiary/aromatic N) is 1. The first-order chi connectivity index (χ1) is 10.6. The highest BCUT2D eigenvalue weighted by molar-refractivity contribution is 7.10. The van der Waals surface area contributed by atoms with E-state index in [2.05, 4.69) is 0 Å². The highest BCUT2D eigenvalue weighted by atomic mass is 35.5. The van der Waals surface area contributed by atoms with E-state index in [1.54, 1.807) is 18.3 Å². The lowest BCUT2D eigenvalue weighted by Crippen LogP contribution is -2.54. The van der Waals surface area contributed by atoms with Gasteiger partial charge in [0.15, 0.2) is 0 Å². The molecule has 23 heavy (non-hydrogen) atoms. The van der Waals surface area contributed by atoms with Crippen LogP contribution in [0.25, 0.3) is 0 Å². The SMILES string of the molecule is CC(N)(C(=O)N1CCOC(c2cccs2)C1)c1ccccc1.Cl. The lowest BCUT2D eigenvalue weighted by atomic mass is 9.91. The number of thiophene rings is 1. The molecule has 4 nitrogen and oxygen atoms in total. The van der Waals surface area contributed by atoms with Crippen molar-refractivity contribution in [3.63, 3.8) is 0 Å². The van der Waals surface area contributed by atoms with Gasteiger partial charge in [-0.2, -0.15) is 0 Å². The van der Waals surface area contributed by atoms with Gasteiger partial charge in [-0.25, -0.2) is 0 Å². The Balaban J connectivity index is 0.00000192. The van der Waals surface area contributed by atoms with Crippen molar-refractivity contribution >= 4 is 29.7 Å². The molecule has 1 saturated heterocycles. The van der Waals surface area contributed by atoms with Gasteiger partial charge in [-0.15, -0.1) is 23.7 Å². The van der Waals surface area contributed by atoms with E-state index in [0.29, 0.717) is 19.7 Å². The molecule has 1 aliphatic rings. The predicted molar refractivity (Wildman–Crippen MR) is 94.8 cm³/mol. The van der Waals surface area contributed by atoms with Gasteiger partial charge >= 0.3 is 0 Å². The standard InChI is InChI=1S/C17H20N2O2S.ClH/c1-17(18,13-6-3-2-4-7-13)16(20)19-9-10-21-14(12-19)15-8-5-11-22-15;/h2-8,11,14H,9-10,12,18H2,1H3;1H. The molecule has 3 rings (SSSR count). The third kappa shape index (κ3) is 3.75. The molecule has 2 unspecified atom stereocenters. The summed E-state index contributed by atoms with van der Waals surface area (Å²) in [6, 6.07) is 13.6. The van der Waals surface area contributed by atoms with E-state index in [4.69, 9.17) is 10.5 Å². The Morgan fingerprint density at radius 1 is 1.30 bits per heavy atom. The van der Waals surface area contributed by atoms with Gasteiger partial charge in [0, 0.05) is 11.4 Å². The highest BCUT2D eigenvalue weighted by Gasteiger charge is 2.37. The maximum atomic E-state index is 12.9. The van der Waals surface area contributed by atoms with Gasteiger partial charge in [0.05, 0.1) is 13.2 Å². The highest BCUT2D eigenvalue weighted by Crippen LogP contribution is 2.28. The summed E-state index contributed by atoms with van der Waals surface area (Å²) < 4.78 is 5.80. The number of nitrogens with two attached hydrogens (primary N) is 1. The van der Waals surface area contributed by atoms with Gasteiger partial charge in [-0.3, -0.25) is 4.79 Å². The van der Waals surface area contributed by atoms with Crippen LogP contribution >= 0.6 is 23.7 Å². The lowest BCUT2D eigenvalue weighted by molar-refractivity contribution is -0.144. The average Bonchev–Trinajstić information content (AvgIpc) is 3.09. The summed E-state index contributed by atoms with van der Waals surface area (Å²) in [5, 5.41) is 2.02. The fraction of sp³-hybridized carbons (Fsp3) is 0.353. The zero-order chi connectivity index (χ0) is 15.6. The smallest absolute Gasteiger partial charge is 0.247 e. The van der Waals surface area contributed by atoms with Crippen molar-refractivity contribution in [2.45, 2.75) is 18.6 Å². The Labute approximate surface area is 146 Å². The molecule has 2 N–H and O–H groups in total. The number of carbonyl (C=O) groups excluding carboxylic acids is 1. The number of amides is 1. The van der Waals surface area contributed by atoms with Crippen molar-refractivity contribution in [1.29, 1.82) is 0 Å². The molecular formula is C17H21ClN2O2S. The number of morpholine rings is 1. The minimum absolute atomic E-state index is 0. The van der Waals surface area contributed by atoms with Gasteiger partial charge in [0.25, 0.3) is 0 Å². The van der Waals surface area contributed by atoms with Gasteiger partial charge in [0.1, 0.15) is 11.6 Å². The molecule has 1 aliphatic heterocycles. The summed E-state index contributed by atoms with van der Waals surface area (Å²) >= 11 is 1.65. The number of hydrogen-bond donors (Lipinski definition) is 1. The van der Waals surface area contributed by atoms with Crippen molar-refractivity contribution in [1.82, 2.24) is 4.90 Å². The van der Waals surface area contributed by atoms with Crippen LogP contribution in [-0.2, 0) is 15.1 Å². The van der Waals surface area contributed by atoms with E-state index >= 15 is 0 Å². The molecule has 0 saturated carbocycles. The zero-order valence-corrected chi connectivity index (χ0v) is 14.6. The Kier molecular flexibility index (Phi) is 5.81. The normalized spacial score (nSPS) is 20.4. The van der Waals surface area contributed by atoms with Crippen molar-refractivity contribution in [2.75, 3.05) is 19.7 Å². The molecule has 1 amide bonds. The molecule has 1 fully saturated rings. The first kappa shape index (κ1) is 17.9. The van der Waals surface area contributed by atoms with Crippen molar-refractivity contribution in [2.24, 2.45) is 5.73 Å². The molecule has 0 bridgehead atoms. The monoisotopic (exact) mass is 352 g/mol. The largest absolute Gasteiger partial charge is 0.369 e. The van der Waals surface area contributed by atoms with Gasteiger partial charge < -0.3 is 15.4 Å². The van der Waals surface area contributed by atoms with Crippen LogP contribution in [0.4, 0.5) is 0 Å². The van der Waals surface area contributed by atoms with Crippen LogP contribution in [0.2, 0.25) is 0 Å². The second-order valence-corrected chi connectivity index (χ2v) is 6.67. The number of rotatable bonds is 3. The minimum Gasteiger partial charge on any atom is -0.369 e. The first-order valence-electron chi connectivity index (χ1n) is 7.38. The molecule has 2 heterocycles. The Morgan fingerprint density at radius 2 is 2.04 bits per heavy atom. The van der Waals surface area contributed by atoms with E-state index in [-0.39, 0.29) is 24.4 Å². The number of halogens is 1. The summed E-state index contributed by atoms with van der Waals surface area (Å²) in [6.45, 7) is 3.46. The van der Waals surface area contributed by atoms with Crippen molar-refractivity contribution in [3.05, 3.63) is 58.3 Å². The molecule has 0 aliphatic carbocycles. The number of benzene rings is 1. The van der Waals surface area contributed by atoms with Crippen LogP contribution < -0.4 is 5.73 Å². The molecule has 6 heteroatoms. The van der Waals surface area contributed by atoms with Crippen LogP contribution in [0.3, 0.4) is 0 Å². The van der Waals surface area contributed by atoms with Crippen LogP contribution in [0.15, 0.2) is 47.8 Å². The quantitative estimate of drug-likeness (QED) is 0.924. The second kappa shape index (κ2) is 7.45. The van der Waals surface area contributed by atoms with Crippen molar-refractivity contribution in [3.8, 4) is 0 Å². The summed E-state index contributed by atoms with van der Waals surface area (Å²) in [4.78, 5) is 15.9. The molecule has 2 atom stereocenters. The maximum absolute atomic E-state index is 12.9. The topological polar surface area (TPSA) is 55.6 Å². The second-order valence-electron chi connectivity index (χ2n) is 5.69. The Bertz CT molecular complexity index is 631. The van der Waals surface area contributed by atoms with E-state index in [1.165, 1.54) is 0 Å². The summed E-state index contributed by atoms with van der Waals surface area (Å²) in [6.07, 6.45) is -0.0516. The van der Waals surface area contributed by atoms with E-state index in [0.717, 1.165) is 10.4 Å². The Hall–Kier alpha value is -1.40. The lowest BCUT2D eigenvalue weighted by Gasteiger charge is -2.37. The number of carbonyl (C=O) groups is 1. The van der Waals surface area contributed by atoms with Crippen LogP contribution in [0.1, 0.15) is 23.5 Å². The van der Waals surface area contributed by atoms with E-state index in [9.17, 15) is 4.79 Å². The van der Waals surface area contributed by atoms with Gasteiger partial charge in [-0.1, -0.05) is 36.4 Å². The molecule has 1 aromatic heterocycles. The van der Waals surface area contributed by atoms with Crippen LogP contribution in [0.5, 0.6) is 0 Å². The molecule has 124 valence electrons. The average molecular weight is 353 g/mol. The molecule has 0 spiro atoms. The van der Waals surface area contributed by atoms with Crippen LogP contribution in [-0.4, -0.2) is 30.5 Å². The fourth-order valence-electron chi connectivity index (χ4n) is 2.72. The third-order valence-electron chi connectivity index (χ3n) is 4.03. The summed E-state index contributed by atoms with van der Waals surface area (Å²) in [7, 11) is 0. The first-order valence-corrected chi connectivity index (χ1v) is 8.26.